The van der Waals surface area contributed by atoms with Crippen LogP contribution in [0.4, 0.5) is 8.78 Å². The van der Waals surface area contributed by atoms with Crippen LogP contribution in [-0.2, 0) is 16.0 Å². The van der Waals surface area contributed by atoms with E-state index in [1.165, 1.54) is 0 Å². The molecule has 23 heavy (non-hydrogen) atoms. The number of aromatic nitrogens is 1. The van der Waals surface area contributed by atoms with E-state index in [2.05, 4.69) is 10.3 Å². The van der Waals surface area contributed by atoms with Gasteiger partial charge in [-0.2, -0.15) is 0 Å². The van der Waals surface area contributed by atoms with E-state index in [-0.39, 0.29) is 6.42 Å². The van der Waals surface area contributed by atoms with Crippen molar-refractivity contribution in [1.82, 2.24) is 10.3 Å². The zero-order valence-electron chi connectivity index (χ0n) is 12.6. The molecule has 0 aliphatic heterocycles. The molecule has 7 heteroatoms. The summed E-state index contributed by atoms with van der Waals surface area (Å²) in [5, 5.41) is 12.0. The number of carboxylic acids is 1. The minimum atomic E-state index is -2.78. The van der Waals surface area contributed by atoms with Gasteiger partial charge in [0.05, 0.1) is 0 Å². The summed E-state index contributed by atoms with van der Waals surface area (Å²) in [7, 11) is 0. The van der Waals surface area contributed by atoms with Crippen molar-refractivity contribution in [3.8, 4) is 0 Å². The largest absolute Gasteiger partial charge is 0.480 e. The maximum absolute atomic E-state index is 12.3. The van der Waals surface area contributed by atoms with E-state index in [4.69, 9.17) is 5.11 Å². The lowest BCUT2D eigenvalue weighted by molar-refractivity contribution is -0.143. The number of rotatable bonds is 7. The van der Waals surface area contributed by atoms with Crippen LogP contribution >= 0.6 is 0 Å². The second-order valence-corrected chi connectivity index (χ2v) is 5.45. The molecule has 0 fully saturated rings. The molecule has 0 saturated heterocycles. The Morgan fingerprint density at radius 1 is 1.35 bits per heavy atom. The van der Waals surface area contributed by atoms with Crippen molar-refractivity contribution in [1.29, 1.82) is 0 Å². The molecule has 1 unspecified atom stereocenters. The van der Waals surface area contributed by atoms with Crippen molar-refractivity contribution in [3.05, 3.63) is 35.5 Å². The fraction of sp³-hybridized carbons (Fsp3) is 0.375. The van der Waals surface area contributed by atoms with Crippen LogP contribution < -0.4 is 5.32 Å². The molecule has 0 aliphatic rings. The third kappa shape index (κ3) is 4.51. The van der Waals surface area contributed by atoms with Gasteiger partial charge in [-0.15, -0.1) is 0 Å². The molecular formula is C16H18F2N2O3. The number of nitrogens with one attached hydrogen (secondary N) is 2. The number of halogens is 2. The summed E-state index contributed by atoms with van der Waals surface area (Å²) >= 11 is 0. The maximum atomic E-state index is 12.3. The Balaban J connectivity index is 1.97. The van der Waals surface area contributed by atoms with E-state index in [1.807, 2.05) is 25.1 Å². The summed E-state index contributed by atoms with van der Waals surface area (Å²) in [5.74, 6) is -2.01. The predicted molar refractivity (Wildman–Crippen MR) is 81.5 cm³/mol. The van der Waals surface area contributed by atoms with Crippen LogP contribution in [-0.4, -0.2) is 34.4 Å². The Bertz CT molecular complexity index is 712. The van der Waals surface area contributed by atoms with Crippen molar-refractivity contribution >= 4 is 22.8 Å². The normalized spacial score (nSPS) is 12.5. The lowest BCUT2D eigenvalue weighted by atomic mass is 10.1. The predicted octanol–water partition coefficient (Wildman–Crippen LogP) is 2.63. The Labute approximate surface area is 131 Å². The van der Waals surface area contributed by atoms with Gasteiger partial charge in [-0.05, 0) is 31.0 Å². The maximum Gasteiger partial charge on any atom is 0.326 e. The number of aryl methyl sites for hydroxylation is 2. The van der Waals surface area contributed by atoms with Crippen molar-refractivity contribution in [2.24, 2.45) is 0 Å². The van der Waals surface area contributed by atoms with Crippen molar-refractivity contribution in [2.45, 2.75) is 38.7 Å². The first-order valence-electron chi connectivity index (χ1n) is 7.23. The molecule has 1 aromatic carbocycles. The minimum absolute atomic E-state index is 0.0356. The van der Waals surface area contributed by atoms with Crippen LogP contribution in [0.1, 0.15) is 24.0 Å². The summed E-state index contributed by atoms with van der Waals surface area (Å²) in [6, 6.07) is 4.34. The SMILES string of the molecule is Cc1ccc2[nH]cc(CCC(=O)NC(CC(F)F)C(=O)O)c2c1. The monoisotopic (exact) mass is 324 g/mol. The van der Waals surface area contributed by atoms with E-state index in [1.54, 1.807) is 6.20 Å². The number of fused-ring (bicyclic) bond motifs is 1. The molecular weight excluding hydrogens is 306 g/mol. The van der Waals surface area contributed by atoms with Gasteiger partial charge >= 0.3 is 5.97 Å². The summed E-state index contributed by atoms with van der Waals surface area (Å²) in [6.45, 7) is 1.96. The first-order valence-corrected chi connectivity index (χ1v) is 7.23. The highest BCUT2D eigenvalue weighted by Gasteiger charge is 2.24. The fourth-order valence-corrected chi connectivity index (χ4v) is 2.41. The van der Waals surface area contributed by atoms with Gasteiger partial charge in [0.2, 0.25) is 12.3 Å². The minimum Gasteiger partial charge on any atom is -0.480 e. The average Bonchev–Trinajstić information content (AvgIpc) is 2.86. The van der Waals surface area contributed by atoms with Gasteiger partial charge in [0, 0.05) is 29.9 Å². The Kier molecular flexibility index (Phi) is 5.31. The van der Waals surface area contributed by atoms with Gasteiger partial charge in [-0.3, -0.25) is 4.79 Å². The number of hydrogen-bond donors (Lipinski definition) is 3. The Morgan fingerprint density at radius 2 is 2.09 bits per heavy atom. The highest BCUT2D eigenvalue weighted by atomic mass is 19.3. The van der Waals surface area contributed by atoms with E-state index in [9.17, 15) is 18.4 Å². The highest BCUT2D eigenvalue weighted by Crippen LogP contribution is 2.20. The molecule has 1 atom stereocenters. The molecule has 2 rings (SSSR count). The Morgan fingerprint density at radius 3 is 2.74 bits per heavy atom. The van der Waals surface area contributed by atoms with Gasteiger partial charge in [-0.1, -0.05) is 11.6 Å². The molecule has 1 aromatic heterocycles. The van der Waals surface area contributed by atoms with Crippen LogP contribution in [0, 0.1) is 6.92 Å². The summed E-state index contributed by atoms with van der Waals surface area (Å²) in [5.41, 5.74) is 2.97. The van der Waals surface area contributed by atoms with Gasteiger partial charge in [0.15, 0.2) is 0 Å². The van der Waals surface area contributed by atoms with E-state index >= 15 is 0 Å². The first kappa shape index (κ1) is 16.9. The van der Waals surface area contributed by atoms with E-state index in [0.717, 1.165) is 22.0 Å². The zero-order valence-corrected chi connectivity index (χ0v) is 12.6. The standard InChI is InChI=1S/C16H18F2N2O3/c1-9-2-4-12-11(6-9)10(8-19-12)3-5-15(21)20-13(16(22)23)7-14(17)18/h2,4,6,8,13-14,19H,3,5,7H2,1H3,(H,20,21)(H,22,23). The van der Waals surface area contributed by atoms with Gasteiger partial charge in [-0.25, -0.2) is 13.6 Å². The molecule has 0 spiro atoms. The molecule has 0 radical (unpaired) electrons. The number of aliphatic carboxylic acids is 1. The second kappa shape index (κ2) is 7.21. The van der Waals surface area contributed by atoms with Crippen molar-refractivity contribution in [2.75, 3.05) is 0 Å². The lowest BCUT2D eigenvalue weighted by Gasteiger charge is -2.13. The zero-order chi connectivity index (χ0) is 17.0. The molecule has 5 nitrogen and oxygen atoms in total. The molecule has 1 heterocycles. The number of hydrogen-bond acceptors (Lipinski definition) is 2. The summed E-state index contributed by atoms with van der Waals surface area (Å²) in [4.78, 5) is 25.8. The third-order valence-corrected chi connectivity index (χ3v) is 3.59. The highest BCUT2D eigenvalue weighted by molar-refractivity contribution is 5.86. The van der Waals surface area contributed by atoms with Crippen LogP contribution in [0.25, 0.3) is 10.9 Å². The van der Waals surface area contributed by atoms with Gasteiger partial charge in [0.1, 0.15) is 6.04 Å². The van der Waals surface area contributed by atoms with Crippen LogP contribution in [0.15, 0.2) is 24.4 Å². The second-order valence-electron chi connectivity index (χ2n) is 5.45. The number of alkyl halides is 2. The molecule has 124 valence electrons. The number of aromatic amines is 1. The topological polar surface area (TPSA) is 82.2 Å². The summed E-state index contributed by atoms with van der Waals surface area (Å²) < 4.78 is 24.6. The van der Waals surface area contributed by atoms with E-state index in [0.29, 0.717) is 6.42 Å². The quantitative estimate of drug-likeness (QED) is 0.732. The molecule has 0 saturated carbocycles. The Hall–Kier alpha value is -2.44. The smallest absolute Gasteiger partial charge is 0.326 e. The van der Waals surface area contributed by atoms with Crippen molar-refractivity contribution in [3.63, 3.8) is 0 Å². The molecule has 0 aliphatic carbocycles. The molecule has 1 amide bonds. The third-order valence-electron chi connectivity index (χ3n) is 3.59. The van der Waals surface area contributed by atoms with Gasteiger partial charge in [0.25, 0.3) is 0 Å². The summed E-state index contributed by atoms with van der Waals surface area (Å²) in [6.07, 6.45) is -1.45. The van der Waals surface area contributed by atoms with Gasteiger partial charge < -0.3 is 15.4 Å². The number of benzene rings is 1. The van der Waals surface area contributed by atoms with Crippen LogP contribution in [0.2, 0.25) is 0 Å². The van der Waals surface area contributed by atoms with Crippen molar-refractivity contribution < 1.29 is 23.5 Å². The fourth-order valence-electron chi connectivity index (χ4n) is 2.41. The number of carbonyl (C=O) groups excluding carboxylic acids is 1. The molecule has 0 bridgehead atoms. The van der Waals surface area contributed by atoms with E-state index < -0.39 is 30.8 Å². The molecule has 3 N–H and O–H groups in total. The number of carboxylic acid groups (broad SMARTS) is 1. The average molecular weight is 324 g/mol. The molecule has 2 aromatic rings. The number of H-pyrrole nitrogens is 1. The van der Waals surface area contributed by atoms with Crippen LogP contribution in [0.3, 0.4) is 0 Å². The lowest BCUT2D eigenvalue weighted by Crippen LogP contribution is -2.42. The van der Waals surface area contributed by atoms with Crippen LogP contribution in [0.5, 0.6) is 0 Å². The number of carbonyl (C=O) groups is 2. The first-order chi connectivity index (χ1) is 10.9. The number of amides is 1.